The van der Waals surface area contributed by atoms with E-state index in [4.69, 9.17) is 0 Å². The summed E-state index contributed by atoms with van der Waals surface area (Å²) in [5, 5.41) is 11.3. The van der Waals surface area contributed by atoms with Crippen molar-refractivity contribution in [2.75, 3.05) is 0 Å². The number of nitrogens with zero attached hydrogens (tertiary/aromatic N) is 3. The van der Waals surface area contributed by atoms with Crippen LogP contribution in [0.15, 0.2) is 42.6 Å². The van der Waals surface area contributed by atoms with Crippen molar-refractivity contribution in [2.24, 2.45) is 0 Å². The molecule has 3 rings (SSSR count). The van der Waals surface area contributed by atoms with Crippen LogP contribution in [0, 0.1) is 13.8 Å². The van der Waals surface area contributed by atoms with Crippen LogP contribution in [0.5, 0.6) is 0 Å². The third-order valence-corrected chi connectivity index (χ3v) is 3.92. The Morgan fingerprint density at radius 3 is 2.77 bits per heavy atom. The highest BCUT2D eigenvalue weighted by molar-refractivity contribution is 5.96. The van der Waals surface area contributed by atoms with Crippen molar-refractivity contribution in [3.05, 3.63) is 65.1 Å². The van der Waals surface area contributed by atoms with Crippen LogP contribution in [0.3, 0.4) is 0 Å². The Kier molecular flexibility index (Phi) is 3.63. The second kappa shape index (κ2) is 5.60. The predicted molar refractivity (Wildman–Crippen MR) is 84.8 cm³/mol. The molecule has 0 spiro atoms. The Morgan fingerprint density at radius 2 is 1.95 bits per heavy atom. The molecule has 0 bridgehead atoms. The smallest absolute Gasteiger partial charge is 0.252 e. The maximum atomic E-state index is 12.5. The van der Waals surface area contributed by atoms with Gasteiger partial charge in [0.2, 0.25) is 0 Å². The van der Waals surface area contributed by atoms with Gasteiger partial charge in [0.25, 0.3) is 5.91 Å². The first-order valence-electron chi connectivity index (χ1n) is 7.24. The Morgan fingerprint density at radius 1 is 1.14 bits per heavy atom. The number of aromatic nitrogens is 3. The standard InChI is InChI=1S/C17H18N4O/c1-11-7-6-8-14(12(11)2)17(22)18-13(3)16-20-19-15-9-4-5-10-21(15)16/h4-10,13H,1-3H3,(H,18,22)/t13-/m0/s1. The summed E-state index contributed by atoms with van der Waals surface area (Å²) >= 11 is 0. The monoisotopic (exact) mass is 294 g/mol. The van der Waals surface area contributed by atoms with Gasteiger partial charge in [0, 0.05) is 11.8 Å². The Labute approximate surface area is 129 Å². The number of pyridine rings is 1. The summed E-state index contributed by atoms with van der Waals surface area (Å²) in [6, 6.07) is 11.2. The van der Waals surface area contributed by atoms with Crippen molar-refractivity contribution in [2.45, 2.75) is 26.8 Å². The molecule has 0 saturated heterocycles. The molecule has 1 atom stereocenters. The Bertz CT molecular complexity index is 838. The lowest BCUT2D eigenvalue weighted by Crippen LogP contribution is -2.28. The van der Waals surface area contributed by atoms with Gasteiger partial charge in [-0.05, 0) is 50.1 Å². The van der Waals surface area contributed by atoms with E-state index in [0.717, 1.165) is 16.8 Å². The molecule has 1 amide bonds. The number of aryl methyl sites for hydroxylation is 1. The molecule has 112 valence electrons. The topological polar surface area (TPSA) is 59.3 Å². The summed E-state index contributed by atoms with van der Waals surface area (Å²) in [5.41, 5.74) is 3.57. The molecular formula is C17H18N4O. The Balaban J connectivity index is 1.86. The van der Waals surface area contributed by atoms with Gasteiger partial charge < -0.3 is 5.32 Å². The molecule has 5 heteroatoms. The first kappa shape index (κ1) is 14.3. The first-order valence-corrected chi connectivity index (χ1v) is 7.24. The van der Waals surface area contributed by atoms with E-state index in [2.05, 4.69) is 15.5 Å². The van der Waals surface area contributed by atoms with E-state index in [0.29, 0.717) is 11.4 Å². The molecule has 5 nitrogen and oxygen atoms in total. The largest absolute Gasteiger partial charge is 0.342 e. The SMILES string of the molecule is Cc1cccc(C(=O)N[C@@H](C)c2nnc3ccccn23)c1C. The highest BCUT2D eigenvalue weighted by Gasteiger charge is 2.17. The summed E-state index contributed by atoms with van der Waals surface area (Å²) in [6.07, 6.45) is 1.89. The summed E-state index contributed by atoms with van der Waals surface area (Å²) in [7, 11) is 0. The van der Waals surface area contributed by atoms with Crippen molar-refractivity contribution >= 4 is 11.6 Å². The number of carbonyl (C=O) groups is 1. The number of nitrogens with one attached hydrogen (secondary N) is 1. The number of benzene rings is 1. The van der Waals surface area contributed by atoms with Crippen LogP contribution in [-0.2, 0) is 0 Å². The predicted octanol–water partition coefficient (Wildman–Crippen LogP) is 2.84. The molecule has 22 heavy (non-hydrogen) atoms. The molecule has 0 saturated carbocycles. The molecule has 0 fully saturated rings. The minimum absolute atomic E-state index is 0.0959. The van der Waals surface area contributed by atoms with Crippen molar-refractivity contribution in [1.29, 1.82) is 0 Å². The molecule has 3 aromatic rings. The lowest BCUT2D eigenvalue weighted by atomic mass is 10.0. The fourth-order valence-electron chi connectivity index (χ4n) is 2.49. The van der Waals surface area contributed by atoms with Gasteiger partial charge >= 0.3 is 0 Å². The van der Waals surface area contributed by atoms with Crippen LogP contribution in [0.25, 0.3) is 5.65 Å². The van der Waals surface area contributed by atoms with Crippen molar-refractivity contribution < 1.29 is 4.79 Å². The zero-order chi connectivity index (χ0) is 15.7. The normalized spacial score (nSPS) is 12.3. The number of carbonyl (C=O) groups excluding carboxylic acids is 1. The van der Waals surface area contributed by atoms with Crippen LogP contribution in [0.2, 0.25) is 0 Å². The average Bonchev–Trinajstić information content (AvgIpc) is 2.94. The summed E-state index contributed by atoms with van der Waals surface area (Å²) in [5.74, 6) is 0.621. The van der Waals surface area contributed by atoms with Gasteiger partial charge in [-0.25, -0.2) is 0 Å². The van der Waals surface area contributed by atoms with Crippen LogP contribution < -0.4 is 5.32 Å². The molecular weight excluding hydrogens is 276 g/mol. The number of amides is 1. The van der Waals surface area contributed by atoms with E-state index < -0.39 is 0 Å². The van der Waals surface area contributed by atoms with Gasteiger partial charge in [-0.1, -0.05) is 18.2 Å². The van der Waals surface area contributed by atoms with E-state index in [1.54, 1.807) is 0 Å². The lowest BCUT2D eigenvalue weighted by Gasteiger charge is -2.14. The van der Waals surface area contributed by atoms with E-state index >= 15 is 0 Å². The van der Waals surface area contributed by atoms with Crippen LogP contribution in [0.1, 0.15) is 40.3 Å². The van der Waals surface area contributed by atoms with E-state index in [9.17, 15) is 4.79 Å². The zero-order valence-electron chi connectivity index (χ0n) is 12.9. The molecule has 1 aromatic carbocycles. The van der Waals surface area contributed by atoms with Gasteiger partial charge in [-0.15, -0.1) is 10.2 Å². The first-order chi connectivity index (χ1) is 10.6. The maximum absolute atomic E-state index is 12.5. The van der Waals surface area contributed by atoms with Gasteiger partial charge in [-0.3, -0.25) is 9.20 Å². The number of rotatable bonds is 3. The molecule has 2 aromatic heterocycles. The zero-order valence-corrected chi connectivity index (χ0v) is 12.9. The van der Waals surface area contributed by atoms with Crippen molar-refractivity contribution in [1.82, 2.24) is 19.9 Å². The summed E-state index contributed by atoms with van der Waals surface area (Å²) in [4.78, 5) is 12.5. The number of hydrogen-bond acceptors (Lipinski definition) is 3. The molecule has 1 N–H and O–H groups in total. The average molecular weight is 294 g/mol. The lowest BCUT2D eigenvalue weighted by molar-refractivity contribution is 0.0937. The van der Waals surface area contributed by atoms with E-state index in [1.807, 2.05) is 67.8 Å². The molecule has 0 unspecified atom stereocenters. The second-order valence-corrected chi connectivity index (χ2v) is 5.43. The fourth-order valence-corrected chi connectivity index (χ4v) is 2.49. The molecule has 2 heterocycles. The van der Waals surface area contributed by atoms with Crippen LogP contribution in [0.4, 0.5) is 0 Å². The van der Waals surface area contributed by atoms with Gasteiger partial charge in [0.05, 0.1) is 6.04 Å². The van der Waals surface area contributed by atoms with Gasteiger partial charge in [-0.2, -0.15) is 0 Å². The molecule has 0 aliphatic carbocycles. The molecule has 0 radical (unpaired) electrons. The Hall–Kier alpha value is -2.69. The van der Waals surface area contributed by atoms with Gasteiger partial charge in [0.1, 0.15) is 0 Å². The summed E-state index contributed by atoms with van der Waals surface area (Å²) in [6.45, 7) is 5.87. The highest BCUT2D eigenvalue weighted by Crippen LogP contribution is 2.16. The van der Waals surface area contributed by atoms with E-state index in [1.165, 1.54) is 0 Å². The van der Waals surface area contributed by atoms with Crippen LogP contribution in [-0.4, -0.2) is 20.5 Å². The number of hydrogen-bond donors (Lipinski definition) is 1. The second-order valence-electron chi connectivity index (χ2n) is 5.43. The fraction of sp³-hybridized carbons (Fsp3) is 0.235. The third-order valence-electron chi connectivity index (χ3n) is 3.92. The third kappa shape index (κ3) is 2.45. The highest BCUT2D eigenvalue weighted by atomic mass is 16.1. The maximum Gasteiger partial charge on any atom is 0.252 e. The minimum atomic E-state index is -0.232. The van der Waals surface area contributed by atoms with Gasteiger partial charge in [0.15, 0.2) is 11.5 Å². The van der Waals surface area contributed by atoms with Crippen molar-refractivity contribution in [3.8, 4) is 0 Å². The van der Waals surface area contributed by atoms with Crippen LogP contribution >= 0.6 is 0 Å². The summed E-state index contributed by atoms with van der Waals surface area (Å²) < 4.78 is 1.88. The van der Waals surface area contributed by atoms with Crippen molar-refractivity contribution in [3.63, 3.8) is 0 Å². The molecule has 0 aliphatic rings. The minimum Gasteiger partial charge on any atom is -0.342 e. The molecule has 0 aliphatic heterocycles. The number of fused-ring (bicyclic) bond motifs is 1. The quantitative estimate of drug-likeness (QED) is 0.808. The van der Waals surface area contributed by atoms with E-state index in [-0.39, 0.29) is 11.9 Å².